The molecule has 0 fully saturated rings. The average molecular weight is 801 g/mol. The van der Waals surface area contributed by atoms with Crippen LogP contribution >= 0.6 is 0 Å². The molecule has 0 aliphatic carbocycles. The van der Waals surface area contributed by atoms with Gasteiger partial charge in [-0.1, -0.05) is 159 Å². The van der Waals surface area contributed by atoms with Crippen molar-refractivity contribution in [3.63, 3.8) is 0 Å². The first-order valence-electron chi connectivity index (χ1n) is 23.0. The van der Waals surface area contributed by atoms with E-state index in [1.807, 2.05) is 0 Å². The summed E-state index contributed by atoms with van der Waals surface area (Å²) >= 11 is 0. The molecule has 2 unspecified atom stereocenters. The van der Waals surface area contributed by atoms with Crippen LogP contribution in [0, 0.1) is 0 Å². The SMILES string of the molecule is CCCCCCC/C=C\C/C=C\C/C=C\CCCCCCCCC(=O)OC(/C=C\CCCCCCCCC)CCCCCCC(=O)NCC(=O)NC(CO)C(=O)O. The van der Waals surface area contributed by atoms with Crippen LogP contribution in [0.15, 0.2) is 48.6 Å². The third kappa shape index (κ3) is 39.4. The molecular formula is C48H84N2O7. The summed E-state index contributed by atoms with van der Waals surface area (Å²) in [4.78, 5) is 47.6. The van der Waals surface area contributed by atoms with Gasteiger partial charge in [-0.2, -0.15) is 0 Å². The van der Waals surface area contributed by atoms with Gasteiger partial charge in [-0.15, -0.1) is 0 Å². The van der Waals surface area contributed by atoms with Gasteiger partial charge < -0.3 is 25.6 Å². The number of aliphatic hydroxyl groups is 1. The smallest absolute Gasteiger partial charge is 0.328 e. The Morgan fingerprint density at radius 2 is 1.00 bits per heavy atom. The fraction of sp³-hybridized carbons (Fsp3) is 0.750. The zero-order valence-electron chi connectivity index (χ0n) is 36.3. The predicted molar refractivity (Wildman–Crippen MR) is 236 cm³/mol. The van der Waals surface area contributed by atoms with Crippen LogP contribution in [0.3, 0.4) is 0 Å². The molecule has 9 heteroatoms. The topological polar surface area (TPSA) is 142 Å². The molecular weight excluding hydrogens is 717 g/mol. The second-order valence-electron chi connectivity index (χ2n) is 15.5. The highest BCUT2D eigenvalue weighted by atomic mass is 16.5. The highest BCUT2D eigenvalue weighted by Gasteiger charge is 2.18. The number of amides is 2. The first-order chi connectivity index (χ1) is 27.8. The molecule has 0 aromatic rings. The Bertz CT molecular complexity index is 1100. The summed E-state index contributed by atoms with van der Waals surface area (Å²) in [6.45, 7) is 3.43. The summed E-state index contributed by atoms with van der Waals surface area (Å²) in [6, 6.07) is -1.39. The number of nitrogens with one attached hydrogen (secondary N) is 2. The largest absolute Gasteiger partial charge is 0.480 e. The Morgan fingerprint density at radius 1 is 0.544 bits per heavy atom. The Balaban J connectivity index is 4.26. The molecule has 2 atom stereocenters. The molecule has 0 saturated heterocycles. The number of unbranched alkanes of at least 4 members (excludes halogenated alkanes) is 21. The van der Waals surface area contributed by atoms with E-state index in [1.54, 1.807) is 0 Å². The van der Waals surface area contributed by atoms with Gasteiger partial charge in [0.25, 0.3) is 0 Å². The molecule has 4 N–H and O–H groups in total. The number of carbonyl (C=O) groups excluding carboxylic acids is 3. The van der Waals surface area contributed by atoms with Crippen LogP contribution in [0.25, 0.3) is 0 Å². The monoisotopic (exact) mass is 801 g/mol. The zero-order valence-corrected chi connectivity index (χ0v) is 36.3. The minimum absolute atomic E-state index is 0.122. The standard InChI is InChI=1S/C48H84N2O7/c1-3-5-7-9-11-13-14-15-16-17-18-19-20-21-22-23-24-26-28-30-36-40-47(54)57-43(37-33-29-27-25-12-10-8-6-4-2)38-34-31-32-35-39-45(52)49-41-46(53)50-44(42-51)48(55)56/h14-15,17-18,20-21,33,37,43-44,51H,3-13,16,19,22-32,34-36,38-42H2,1-2H3,(H,49,52)(H,50,53)(H,55,56)/b15-14-,18-17-,21-20-,37-33-. The molecule has 2 amide bonds. The highest BCUT2D eigenvalue weighted by molar-refractivity contribution is 5.87. The van der Waals surface area contributed by atoms with Crippen LogP contribution in [0.5, 0.6) is 0 Å². The predicted octanol–water partition coefficient (Wildman–Crippen LogP) is 11.5. The lowest BCUT2D eigenvalue weighted by molar-refractivity contribution is -0.147. The number of allylic oxidation sites excluding steroid dienone is 7. The summed E-state index contributed by atoms with van der Waals surface area (Å²) in [7, 11) is 0. The number of carboxylic acid groups (broad SMARTS) is 1. The van der Waals surface area contributed by atoms with E-state index in [2.05, 4.69) is 73.1 Å². The molecule has 0 bridgehead atoms. The first kappa shape index (κ1) is 53.8. The molecule has 0 spiro atoms. The molecule has 0 aromatic carbocycles. The van der Waals surface area contributed by atoms with E-state index < -0.39 is 24.5 Å². The van der Waals surface area contributed by atoms with E-state index in [4.69, 9.17) is 14.9 Å². The Labute approximate surface area is 348 Å². The van der Waals surface area contributed by atoms with Gasteiger partial charge in [0.1, 0.15) is 12.1 Å². The van der Waals surface area contributed by atoms with Crippen molar-refractivity contribution in [3.05, 3.63) is 48.6 Å². The second kappa shape index (κ2) is 42.4. The van der Waals surface area contributed by atoms with Crippen molar-refractivity contribution in [3.8, 4) is 0 Å². The zero-order chi connectivity index (χ0) is 41.9. The summed E-state index contributed by atoms with van der Waals surface area (Å²) in [6.07, 6.45) is 50.1. The van der Waals surface area contributed by atoms with Gasteiger partial charge in [0.2, 0.25) is 11.8 Å². The molecule has 328 valence electrons. The normalized spacial score (nSPS) is 12.9. The van der Waals surface area contributed by atoms with Crippen molar-refractivity contribution >= 4 is 23.8 Å². The van der Waals surface area contributed by atoms with Crippen molar-refractivity contribution in [1.29, 1.82) is 0 Å². The number of aliphatic carboxylic acids is 1. The third-order valence-corrected chi connectivity index (χ3v) is 10.0. The lowest BCUT2D eigenvalue weighted by atomic mass is 10.1. The molecule has 0 radical (unpaired) electrons. The molecule has 0 rings (SSSR count). The number of carbonyl (C=O) groups is 4. The maximum absolute atomic E-state index is 12.8. The fourth-order valence-electron chi connectivity index (χ4n) is 6.45. The molecule has 0 aliphatic heterocycles. The first-order valence-corrected chi connectivity index (χ1v) is 23.0. The van der Waals surface area contributed by atoms with Gasteiger partial charge in [-0.3, -0.25) is 14.4 Å². The van der Waals surface area contributed by atoms with Gasteiger partial charge >= 0.3 is 11.9 Å². The van der Waals surface area contributed by atoms with Gasteiger partial charge in [-0.05, 0) is 83.1 Å². The average Bonchev–Trinajstić information content (AvgIpc) is 3.20. The minimum atomic E-state index is -1.39. The number of rotatable bonds is 41. The summed E-state index contributed by atoms with van der Waals surface area (Å²) in [5.41, 5.74) is 0. The van der Waals surface area contributed by atoms with Crippen LogP contribution in [0.1, 0.15) is 206 Å². The van der Waals surface area contributed by atoms with Gasteiger partial charge in [0, 0.05) is 12.8 Å². The van der Waals surface area contributed by atoms with Gasteiger partial charge in [0.05, 0.1) is 13.2 Å². The molecule has 57 heavy (non-hydrogen) atoms. The Morgan fingerprint density at radius 3 is 1.53 bits per heavy atom. The Hall–Kier alpha value is -3.20. The van der Waals surface area contributed by atoms with E-state index in [1.165, 1.54) is 96.3 Å². The molecule has 0 aromatic heterocycles. The van der Waals surface area contributed by atoms with E-state index in [0.717, 1.165) is 77.0 Å². The van der Waals surface area contributed by atoms with E-state index in [9.17, 15) is 19.2 Å². The van der Waals surface area contributed by atoms with Crippen molar-refractivity contribution in [1.82, 2.24) is 10.6 Å². The van der Waals surface area contributed by atoms with E-state index in [0.29, 0.717) is 12.8 Å². The Kier molecular flexibility index (Phi) is 40.0. The quantitative estimate of drug-likeness (QED) is 0.0274. The number of ether oxygens (including phenoxy) is 1. The fourth-order valence-corrected chi connectivity index (χ4v) is 6.45. The highest BCUT2D eigenvalue weighted by Crippen LogP contribution is 2.15. The van der Waals surface area contributed by atoms with Crippen molar-refractivity contribution in [2.75, 3.05) is 13.2 Å². The lowest BCUT2D eigenvalue weighted by Crippen LogP contribution is -2.47. The van der Waals surface area contributed by atoms with Gasteiger partial charge in [-0.25, -0.2) is 4.79 Å². The molecule has 0 heterocycles. The molecule has 0 aliphatic rings. The van der Waals surface area contributed by atoms with Crippen LogP contribution in [0.2, 0.25) is 0 Å². The van der Waals surface area contributed by atoms with Crippen LogP contribution in [-0.4, -0.2) is 59.3 Å². The van der Waals surface area contributed by atoms with Crippen molar-refractivity contribution in [2.45, 2.75) is 219 Å². The summed E-state index contributed by atoms with van der Waals surface area (Å²) in [5, 5.41) is 22.6. The number of aliphatic hydroxyl groups excluding tert-OH is 1. The third-order valence-electron chi connectivity index (χ3n) is 10.0. The number of esters is 1. The van der Waals surface area contributed by atoms with Crippen molar-refractivity contribution < 1.29 is 34.1 Å². The summed E-state index contributed by atoms with van der Waals surface area (Å²) < 4.78 is 5.92. The van der Waals surface area contributed by atoms with Crippen LogP contribution in [-0.2, 0) is 23.9 Å². The molecule has 9 nitrogen and oxygen atoms in total. The second-order valence-corrected chi connectivity index (χ2v) is 15.5. The molecule has 0 saturated carbocycles. The van der Waals surface area contributed by atoms with E-state index >= 15 is 0 Å². The lowest BCUT2D eigenvalue weighted by Gasteiger charge is -2.15. The van der Waals surface area contributed by atoms with Crippen LogP contribution in [0.4, 0.5) is 0 Å². The number of hydrogen-bond acceptors (Lipinski definition) is 6. The number of carboxylic acids is 1. The number of hydrogen-bond donors (Lipinski definition) is 4. The maximum atomic E-state index is 12.8. The maximum Gasteiger partial charge on any atom is 0.328 e. The van der Waals surface area contributed by atoms with E-state index in [-0.39, 0.29) is 30.9 Å². The van der Waals surface area contributed by atoms with Crippen LogP contribution < -0.4 is 10.6 Å². The minimum Gasteiger partial charge on any atom is -0.480 e. The summed E-state index contributed by atoms with van der Waals surface area (Å²) in [5.74, 6) is -2.41. The van der Waals surface area contributed by atoms with Gasteiger partial charge in [0.15, 0.2) is 0 Å². The van der Waals surface area contributed by atoms with Crippen molar-refractivity contribution in [2.24, 2.45) is 0 Å².